The molecule has 33 heavy (non-hydrogen) atoms. The summed E-state index contributed by atoms with van der Waals surface area (Å²) < 4.78 is 0. The van der Waals surface area contributed by atoms with Crippen molar-refractivity contribution in [2.45, 2.75) is 20.8 Å². The summed E-state index contributed by atoms with van der Waals surface area (Å²) in [5.74, 6) is -1.27. The zero-order valence-corrected chi connectivity index (χ0v) is 19.3. The maximum Gasteiger partial charge on any atom is 0.337 e. The van der Waals surface area contributed by atoms with Crippen LogP contribution < -0.4 is 15.1 Å². The molecule has 2 N–H and O–H groups in total. The number of carbonyl (C=O) groups excluding carboxylic acids is 1. The van der Waals surface area contributed by atoms with E-state index in [2.05, 4.69) is 47.2 Å². The molecule has 0 saturated carbocycles. The van der Waals surface area contributed by atoms with Gasteiger partial charge in [-0.2, -0.15) is 0 Å². The molecule has 0 bridgehead atoms. The van der Waals surface area contributed by atoms with Crippen LogP contribution in [0.2, 0.25) is 0 Å². The zero-order valence-electron chi connectivity index (χ0n) is 19.3. The first-order valence-corrected chi connectivity index (χ1v) is 11.1. The molecule has 0 radical (unpaired) electrons. The monoisotopic (exact) mass is 443 g/mol. The van der Waals surface area contributed by atoms with Gasteiger partial charge in [-0.15, -0.1) is 0 Å². The first-order chi connectivity index (χ1) is 15.8. The lowest BCUT2D eigenvalue weighted by molar-refractivity contribution is 0.0697. The largest absolute Gasteiger partial charge is 0.478 e. The van der Waals surface area contributed by atoms with Crippen LogP contribution >= 0.6 is 0 Å². The number of carboxylic acids is 1. The molecule has 0 atom stereocenters. The van der Waals surface area contributed by atoms with Crippen LogP contribution in [-0.4, -0.2) is 43.2 Å². The van der Waals surface area contributed by atoms with E-state index in [1.807, 2.05) is 19.1 Å². The number of benzene rings is 3. The number of hydrogen-bond acceptors (Lipinski definition) is 4. The van der Waals surface area contributed by atoms with Crippen LogP contribution in [0.4, 0.5) is 17.1 Å². The van der Waals surface area contributed by atoms with Crippen molar-refractivity contribution in [3.8, 4) is 0 Å². The number of carbonyl (C=O) groups is 2. The normalized spacial score (nSPS) is 13.7. The highest BCUT2D eigenvalue weighted by molar-refractivity contribution is 6.05. The van der Waals surface area contributed by atoms with Gasteiger partial charge in [0.2, 0.25) is 0 Å². The van der Waals surface area contributed by atoms with Gasteiger partial charge in [-0.05, 0) is 68.3 Å². The summed E-state index contributed by atoms with van der Waals surface area (Å²) in [5.41, 5.74) is 6.58. The first kappa shape index (κ1) is 22.4. The van der Waals surface area contributed by atoms with E-state index in [0.717, 1.165) is 31.7 Å². The summed E-state index contributed by atoms with van der Waals surface area (Å²) in [5, 5.41) is 12.7. The highest BCUT2D eigenvalue weighted by Crippen LogP contribution is 2.28. The lowest BCUT2D eigenvalue weighted by atomic mass is 10.1. The number of hydrogen-bond donors (Lipinski definition) is 2. The first-order valence-electron chi connectivity index (χ1n) is 11.1. The molecule has 170 valence electrons. The molecule has 0 unspecified atom stereocenters. The fourth-order valence-corrected chi connectivity index (χ4v) is 4.30. The van der Waals surface area contributed by atoms with Crippen molar-refractivity contribution < 1.29 is 14.7 Å². The Hall–Kier alpha value is -3.80. The number of amides is 1. The molecule has 3 aromatic rings. The van der Waals surface area contributed by atoms with Gasteiger partial charge in [0.15, 0.2) is 0 Å². The van der Waals surface area contributed by atoms with Gasteiger partial charge in [0.25, 0.3) is 5.91 Å². The van der Waals surface area contributed by atoms with Crippen molar-refractivity contribution in [2.24, 2.45) is 0 Å². The third kappa shape index (κ3) is 5.00. The highest BCUT2D eigenvalue weighted by atomic mass is 16.4. The summed E-state index contributed by atoms with van der Waals surface area (Å²) in [4.78, 5) is 29.1. The molecule has 0 aromatic heterocycles. The molecule has 1 aliphatic rings. The highest BCUT2D eigenvalue weighted by Gasteiger charge is 2.23. The van der Waals surface area contributed by atoms with Crippen LogP contribution in [0.25, 0.3) is 0 Å². The number of nitrogens with zero attached hydrogens (tertiary/aromatic N) is 2. The zero-order chi connectivity index (χ0) is 23.5. The summed E-state index contributed by atoms with van der Waals surface area (Å²) >= 11 is 0. The third-order valence-corrected chi connectivity index (χ3v) is 6.09. The molecule has 4 rings (SSSR count). The Morgan fingerprint density at radius 2 is 1.45 bits per heavy atom. The van der Waals surface area contributed by atoms with E-state index in [1.54, 1.807) is 30.3 Å². The fourth-order valence-electron chi connectivity index (χ4n) is 4.30. The van der Waals surface area contributed by atoms with E-state index in [-0.39, 0.29) is 11.5 Å². The van der Waals surface area contributed by atoms with Crippen molar-refractivity contribution in [3.63, 3.8) is 0 Å². The standard InChI is InChI=1S/C27H29N3O3/c1-18-5-4-6-21(15-18)26(31)28-22-9-10-24(23(17-22)27(32)33)29-11-13-30(14-12-29)25-16-19(2)7-8-20(25)3/h4-10,15-17H,11-14H2,1-3H3,(H,28,31)(H,32,33). The van der Waals surface area contributed by atoms with Gasteiger partial charge in [0, 0.05) is 43.1 Å². The number of anilines is 3. The third-order valence-electron chi connectivity index (χ3n) is 6.09. The number of piperazine rings is 1. The molecule has 0 aliphatic carbocycles. The minimum Gasteiger partial charge on any atom is -0.478 e. The van der Waals surface area contributed by atoms with E-state index >= 15 is 0 Å². The molecule has 3 aromatic carbocycles. The Morgan fingerprint density at radius 1 is 0.788 bits per heavy atom. The lowest BCUT2D eigenvalue weighted by Gasteiger charge is -2.38. The van der Waals surface area contributed by atoms with Crippen molar-refractivity contribution in [2.75, 3.05) is 41.3 Å². The fraction of sp³-hybridized carbons (Fsp3) is 0.259. The molecular weight excluding hydrogens is 414 g/mol. The van der Waals surface area contributed by atoms with Crippen LogP contribution in [0.15, 0.2) is 60.7 Å². The molecular formula is C27H29N3O3. The smallest absolute Gasteiger partial charge is 0.337 e. The van der Waals surface area contributed by atoms with Gasteiger partial charge >= 0.3 is 5.97 Å². The van der Waals surface area contributed by atoms with Crippen LogP contribution in [0, 0.1) is 20.8 Å². The molecule has 1 aliphatic heterocycles. The number of aromatic carboxylic acids is 1. The van der Waals surface area contributed by atoms with E-state index in [1.165, 1.54) is 16.8 Å². The number of aryl methyl sites for hydroxylation is 3. The summed E-state index contributed by atoms with van der Waals surface area (Å²) in [6.45, 7) is 9.22. The average Bonchev–Trinajstić information content (AvgIpc) is 2.81. The van der Waals surface area contributed by atoms with E-state index in [0.29, 0.717) is 16.9 Å². The van der Waals surface area contributed by atoms with Gasteiger partial charge in [-0.3, -0.25) is 4.79 Å². The minimum absolute atomic E-state index is 0.192. The minimum atomic E-state index is -1.01. The molecule has 1 heterocycles. The molecule has 6 nitrogen and oxygen atoms in total. The molecule has 6 heteroatoms. The summed E-state index contributed by atoms with van der Waals surface area (Å²) in [7, 11) is 0. The van der Waals surface area contributed by atoms with Crippen LogP contribution in [0.3, 0.4) is 0 Å². The van der Waals surface area contributed by atoms with E-state index in [9.17, 15) is 14.7 Å². The Bertz CT molecular complexity index is 1200. The van der Waals surface area contributed by atoms with Gasteiger partial charge in [-0.1, -0.05) is 29.8 Å². The summed E-state index contributed by atoms with van der Waals surface area (Å²) in [6, 6.07) is 18.9. The summed E-state index contributed by atoms with van der Waals surface area (Å²) in [6.07, 6.45) is 0. The molecule has 1 saturated heterocycles. The predicted molar refractivity (Wildman–Crippen MR) is 133 cm³/mol. The van der Waals surface area contributed by atoms with Gasteiger partial charge in [0.1, 0.15) is 0 Å². The Labute approximate surface area is 194 Å². The average molecular weight is 444 g/mol. The number of nitrogens with one attached hydrogen (secondary N) is 1. The molecule has 0 spiro atoms. The van der Waals surface area contributed by atoms with Crippen LogP contribution in [0.5, 0.6) is 0 Å². The maximum absolute atomic E-state index is 12.6. The number of carboxylic acid groups (broad SMARTS) is 1. The Morgan fingerprint density at radius 3 is 2.12 bits per heavy atom. The SMILES string of the molecule is Cc1cccc(C(=O)Nc2ccc(N3CCN(c4cc(C)ccc4C)CC3)c(C(=O)O)c2)c1. The molecule has 1 fully saturated rings. The second-order valence-electron chi connectivity index (χ2n) is 8.62. The van der Waals surface area contributed by atoms with E-state index in [4.69, 9.17) is 0 Å². The van der Waals surface area contributed by atoms with Crippen molar-refractivity contribution in [3.05, 3.63) is 88.5 Å². The lowest BCUT2D eigenvalue weighted by Crippen LogP contribution is -2.47. The molecule has 1 amide bonds. The quantitative estimate of drug-likeness (QED) is 0.587. The van der Waals surface area contributed by atoms with Crippen molar-refractivity contribution >= 4 is 28.9 Å². The van der Waals surface area contributed by atoms with Crippen LogP contribution in [0.1, 0.15) is 37.4 Å². The topological polar surface area (TPSA) is 72.9 Å². The number of rotatable bonds is 5. The van der Waals surface area contributed by atoms with E-state index < -0.39 is 5.97 Å². The Balaban J connectivity index is 1.50. The van der Waals surface area contributed by atoms with Gasteiger partial charge in [0.05, 0.1) is 11.3 Å². The van der Waals surface area contributed by atoms with Gasteiger partial charge in [-0.25, -0.2) is 4.79 Å². The van der Waals surface area contributed by atoms with Crippen molar-refractivity contribution in [1.82, 2.24) is 0 Å². The predicted octanol–water partition coefficient (Wildman–Crippen LogP) is 4.89. The van der Waals surface area contributed by atoms with Gasteiger partial charge < -0.3 is 20.2 Å². The second-order valence-corrected chi connectivity index (χ2v) is 8.62. The maximum atomic E-state index is 12.6. The van der Waals surface area contributed by atoms with Crippen molar-refractivity contribution in [1.29, 1.82) is 0 Å². The van der Waals surface area contributed by atoms with Crippen LogP contribution in [-0.2, 0) is 0 Å². The Kier molecular flexibility index (Phi) is 6.36. The second kappa shape index (κ2) is 9.36.